The van der Waals surface area contributed by atoms with Gasteiger partial charge in [-0.25, -0.2) is 4.98 Å². The van der Waals surface area contributed by atoms with E-state index in [1.165, 1.54) is 43.9 Å². The summed E-state index contributed by atoms with van der Waals surface area (Å²) in [4.78, 5) is 14.8. The average molecular weight is 324 g/mol. The maximum absolute atomic E-state index is 5.06. The van der Waals surface area contributed by atoms with E-state index in [1.54, 1.807) is 0 Å². The first kappa shape index (κ1) is 15.7. The first-order valence-corrected chi connectivity index (χ1v) is 9.58. The third kappa shape index (κ3) is 3.19. The summed E-state index contributed by atoms with van der Waals surface area (Å²) in [5.41, 5.74) is 1.08. The third-order valence-electron chi connectivity index (χ3n) is 5.54. The number of benzene rings is 1. The van der Waals surface area contributed by atoms with Crippen LogP contribution in [0.1, 0.15) is 45.4 Å². The van der Waals surface area contributed by atoms with Crippen molar-refractivity contribution in [1.82, 2.24) is 9.97 Å². The van der Waals surface area contributed by atoms with Crippen LogP contribution in [-0.2, 0) is 0 Å². The van der Waals surface area contributed by atoms with Crippen LogP contribution in [0.25, 0.3) is 10.9 Å². The van der Waals surface area contributed by atoms with Crippen LogP contribution < -0.4 is 9.80 Å². The molecule has 128 valence electrons. The van der Waals surface area contributed by atoms with Gasteiger partial charge in [-0.3, -0.25) is 0 Å². The van der Waals surface area contributed by atoms with Crippen molar-refractivity contribution in [3.8, 4) is 0 Å². The van der Waals surface area contributed by atoms with Crippen LogP contribution in [0.15, 0.2) is 24.3 Å². The minimum absolute atomic E-state index is 0.826. The van der Waals surface area contributed by atoms with Gasteiger partial charge in [-0.05, 0) is 43.7 Å². The molecule has 2 saturated heterocycles. The first-order chi connectivity index (χ1) is 11.8. The number of hydrogen-bond donors (Lipinski definition) is 0. The Balaban J connectivity index is 1.73. The van der Waals surface area contributed by atoms with Crippen LogP contribution >= 0.6 is 0 Å². The van der Waals surface area contributed by atoms with Gasteiger partial charge in [0.25, 0.3) is 0 Å². The highest BCUT2D eigenvalue weighted by Crippen LogP contribution is 2.29. The SMILES string of the molecule is CC1CCN(c2nc(N3CCCCCC3)c3ccccc3n2)CC1. The number of anilines is 2. The number of aromatic nitrogens is 2. The van der Waals surface area contributed by atoms with Gasteiger partial charge < -0.3 is 9.80 Å². The van der Waals surface area contributed by atoms with Crippen molar-refractivity contribution in [2.45, 2.75) is 45.4 Å². The fourth-order valence-corrected chi connectivity index (χ4v) is 3.92. The van der Waals surface area contributed by atoms with Crippen molar-refractivity contribution >= 4 is 22.7 Å². The number of nitrogens with zero attached hydrogens (tertiary/aromatic N) is 4. The Bertz CT molecular complexity index is 683. The van der Waals surface area contributed by atoms with Crippen molar-refractivity contribution in [2.24, 2.45) is 5.92 Å². The molecule has 2 aliphatic rings. The van der Waals surface area contributed by atoms with Crippen LogP contribution in [0.2, 0.25) is 0 Å². The van der Waals surface area contributed by atoms with Gasteiger partial charge in [0.1, 0.15) is 5.82 Å². The Hall–Kier alpha value is -1.84. The minimum atomic E-state index is 0.826. The van der Waals surface area contributed by atoms with Gasteiger partial charge >= 0.3 is 0 Å². The lowest BCUT2D eigenvalue weighted by molar-refractivity contribution is 0.434. The molecule has 1 aromatic carbocycles. The fraction of sp³-hybridized carbons (Fsp3) is 0.600. The smallest absolute Gasteiger partial charge is 0.227 e. The topological polar surface area (TPSA) is 32.3 Å². The molecule has 2 aliphatic heterocycles. The molecule has 0 N–H and O–H groups in total. The highest BCUT2D eigenvalue weighted by molar-refractivity contribution is 5.90. The standard InChI is InChI=1S/C20H28N4/c1-16-10-14-24(15-11-16)20-21-18-9-5-4-8-17(18)19(22-20)23-12-6-2-3-7-13-23/h4-5,8-9,16H,2-3,6-7,10-15H2,1H3. The van der Waals surface area contributed by atoms with Crippen molar-refractivity contribution < 1.29 is 0 Å². The maximum atomic E-state index is 5.06. The molecule has 0 spiro atoms. The summed E-state index contributed by atoms with van der Waals surface area (Å²) in [5.74, 6) is 2.91. The number of piperidine rings is 1. The highest BCUT2D eigenvalue weighted by atomic mass is 15.3. The summed E-state index contributed by atoms with van der Waals surface area (Å²) in [7, 11) is 0. The lowest BCUT2D eigenvalue weighted by atomic mass is 10.00. The molecule has 0 bridgehead atoms. The van der Waals surface area contributed by atoms with Crippen molar-refractivity contribution in [2.75, 3.05) is 36.0 Å². The van der Waals surface area contributed by atoms with E-state index in [-0.39, 0.29) is 0 Å². The maximum Gasteiger partial charge on any atom is 0.227 e. The van der Waals surface area contributed by atoms with E-state index < -0.39 is 0 Å². The molecule has 0 unspecified atom stereocenters. The van der Waals surface area contributed by atoms with E-state index in [2.05, 4.69) is 41.0 Å². The third-order valence-corrected chi connectivity index (χ3v) is 5.54. The predicted octanol–water partition coefficient (Wildman–Crippen LogP) is 4.25. The molecular formula is C20H28N4. The zero-order valence-corrected chi connectivity index (χ0v) is 14.7. The van der Waals surface area contributed by atoms with Gasteiger partial charge in [-0.1, -0.05) is 31.9 Å². The van der Waals surface area contributed by atoms with Crippen LogP contribution in [0.3, 0.4) is 0 Å². The summed E-state index contributed by atoms with van der Waals surface area (Å²) >= 11 is 0. The molecule has 0 aliphatic carbocycles. The molecule has 0 atom stereocenters. The Morgan fingerprint density at radius 2 is 1.54 bits per heavy atom. The van der Waals surface area contributed by atoms with Crippen molar-refractivity contribution in [3.63, 3.8) is 0 Å². The second kappa shape index (κ2) is 6.96. The summed E-state index contributed by atoms with van der Waals surface area (Å²) in [6.45, 7) is 6.76. The van der Waals surface area contributed by atoms with Crippen LogP contribution in [-0.4, -0.2) is 36.1 Å². The number of fused-ring (bicyclic) bond motifs is 1. The molecule has 4 rings (SSSR count). The molecule has 3 heterocycles. The summed E-state index contributed by atoms with van der Waals surface area (Å²) < 4.78 is 0. The van der Waals surface area contributed by atoms with E-state index in [1.807, 2.05) is 0 Å². The van der Waals surface area contributed by atoms with Crippen molar-refractivity contribution in [3.05, 3.63) is 24.3 Å². The molecule has 24 heavy (non-hydrogen) atoms. The Labute approximate surface area is 144 Å². The number of para-hydroxylation sites is 1. The zero-order chi connectivity index (χ0) is 16.4. The monoisotopic (exact) mass is 324 g/mol. The first-order valence-electron chi connectivity index (χ1n) is 9.58. The lowest BCUT2D eigenvalue weighted by Crippen LogP contribution is -2.35. The highest BCUT2D eigenvalue weighted by Gasteiger charge is 2.21. The van der Waals surface area contributed by atoms with Crippen LogP contribution in [0, 0.1) is 5.92 Å². The molecule has 0 amide bonds. The molecule has 4 nitrogen and oxygen atoms in total. The van der Waals surface area contributed by atoms with Gasteiger partial charge in [0.15, 0.2) is 0 Å². The van der Waals surface area contributed by atoms with Crippen LogP contribution in [0.4, 0.5) is 11.8 Å². The van der Waals surface area contributed by atoms with Crippen LogP contribution in [0.5, 0.6) is 0 Å². The molecule has 2 fully saturated rings. The van der Waals surface area contributed by atoms with Gasteiger partial charge in [0, 0.05) is 31.6 Å². The second-order valence-electron chi connectivity index (χ2n) is 7.44. The van der Waals surface area contributed by atoms with E-state index in [9.17, 15) is 0 Å². The van der Waals surface area contributed by atoms with Gasteiger partial charge in [0.05, 0.1) is 5.52 Å². The molecule has 2 aromatic rings. The summed E-state index contributed by atoms with van der Waals surface area (Å²) in [6.07, 6.45) is 7.72. The van der Waals surface area contributed by atoms with E-state index in [4.69, 9.17) is 9.97 Å². The molecule has 0 radical (unpaired) electrons. The summed E-state index contributed by atoms with van der Waals surface area (Å²) in [5, 5.41) is 1.20. The van der Waals surface area contributed by atoms with Crippen molar-refractivity contribution in [1.29, 1.82) is 0 Å². The Kier molecular flexibility index (Phi) is 4.54. The Morgan fingerprint density at radius 1 is 0.833 bits per heavy atom. The number of rotatable bonds is 2. The molecule has 4 heteroatoms. The van der Waals surface area contributed by atoms with E-state index in [0.29, 0.717) is 0 Å². The molecule has 0 saturated carbocycles. The predicted molar refractivity (Wildman–Crippen MR) is 101 cm³/mol. The number of hydrogen-bond acceptors (Lipinski definition) is 4. The lowest BCUT2D eigenvalue weighted by Gasteiger charge is -2.31. The van der Waals surface area contributed by atoms with Gasteiger partial charge in [0.2, 0.25) is 5.95 Å². The normalized spacial score (nSPS) is 20.4. The largest absolute Gasteiger partial charge is 0.356 e. The summed E-state index contributed by atoms with van der Waals surface area (Å²) in [6, 6.07) is 8.50. The van der Waals surface area contributed by atoms with Gasteiger partial charge in [-0.2, -0.15) is 4.98 Å². The quantitative estimate of drug-likeness (QED) is 0.827. The van der Waals surface area contributed by atoms with Gasteiger partial charge in [-0.15, -0.1) is 0 Å². The molecular weight excluding hydrogens is 296 g/mol. The second-order valence-corrected chi connectivity index (χ2v) is 7.44. The average Bonchev–Trinajstić information content (AvgIpc) is 2.91. The van der Waals surface area contributed by atoms with E-state index in [0.717, 1.165) is 49.4 Å². The molecule has 1 aromatic heterocycles. The Morgan fingerprint density at radius 3 is 2.29 bits per heavy atom. The minimum Gasteiger partial charge on any atom is -0.356 e. The fourth-order valence-electron chi connectivity index (χ4n) is 3.92. The van der Waals surface area contributed by atoms with E-state index >= 15 is 0 Å². The zero-order valence-electron chi connectivity index (χ0n) is 14.7.